The van der Waals surface area contributed by atoms with Gasteiger partial charge in [-0.1, -0.05) is 0 Å². The van der Waals surface area contributed by atoms with E-state index in [1.807, 2.05) is 32.9 Å². The SMILES string of the molecule is Cc1cc(C(C)NC(=O)c2ccc(C#N)cc2)c(C)o1. The van der Waals surface area contributed by atoms with E-state index < -0.39 is 0 Å². The zero-order chi connectivity index (χ0) is 14.7. The Labute approximate surface area is 118 Å². The third-order valence-corrected chi connectivity index (χ3v) is 3.17. The monoisotopic (exact) mass is 268 g/mol. The Hall–Kier alpha value is -2.54. The Bertz CT molecular complexity index is 663. The molecule has 2 rings (SSSR count). The fraction of sp³-hybridized carbons (Fsp3) is 0.250. The summed E-state index contributed by atoms with van der Waals surface area (Å²) in [6.07, 6.45) is 0. The van der Waals surface area contributed by atoms with Crippen molar-refractivity contribution in [1.82, 2.24) is 5.32 Å². The largest absolute Gasteiger partial charge is 0.466 e. The molecule has 0 aliphatic rings. The maximum Gasteiger partial charge on any atom is 0.251 e. The molecule has 0 aliphatic carbocycles. The molecule has 1 atom stereocenters. The standard InChI is InChI=1S/C16H16N2O2/c1-10-8-15(12(3)20-10)11(2)18-16(19)14-6-4-13(9-17)5-7-14/h4-8,11H,1-3H3,(H,18,19). The van der Waals surface area contributed by atoms with Crippen LogP contribution in [0.1, 0.15) is 46.0 Å². The Kier molecular flexibility index (Phi) is 3.90. The number of amides is 1. The summed E-state index contributed by atoms with van der Waals surface area (Å²) in [4.78, 5) is 12.1. The van der Waals surface area contributed by atoms with Crippen LogP contribution in [-0.4, -0.2) is 5.91 Å². The number of benzene rings is 1. The van der Waals surface area contributed by atoms with E-state index in [0.29, 0.717) is 11.1 Å². The molecule has 0 bridgehead atoms. The van der Waals surface area contributed by atoms with Gasteiger partial charge in [-0.2, -0.15) is 5.26 Å². The van der Waals surface area contributed by atoms with Crippen molar-refractivity contribution in [3.05, 3.63) is 58.5 Å². The lowest BCUT2D eigenvalue weighted by Crippen LogP contribution is -2.26. The number of aryl methyl sites for hydroxylation is 2. The summed E-state index contributed by atoms with van der Waals surface area (Å²) in [5.41, 5.74) is 2.05. The van der Waals surface area contributed by atoms with E-state index in [1.54, 1.807) is 24.3 Å². The molecule has 0 saturated carbocycles. The molecule has 20 heavy (non-hydrogen) atoms. The van der Waals surface area contributed by atoms with Crippen molar-refractivity contribution < 1.29 is 9.21 Å². The Balaban J connectivity index is 2.11. The van der Waals surface area contributed by atoms with Crippen LogP contribution in [0, 0.1) is 25.2 Å². The van der Waals surface area contributed by atoms with Gasteiger partial charge in [-0.15, -0.1) is 0 Å². The summed E-state index contributed by atoms with van der Waals surface area (Å²) in [6.45, 7) is 5.68. The van der Waals surface area contributed by atoms with Crippen LogP contribution in [0.2, 0.25) is 0 Å². The highest BCUT2D eigenvalue weighted by molar-refractivity contribution is 5.94. The summed E-state index contributed by atoms with van der Waals surface area (Å²) in [6, 6.07) is 10.4. The first-order valence-electron chi connectivity index (χ1n) is 6.39. The number of nitriles is 1. The number of hydrogen-bond acceptors (Lipinski definition) is 3. The lowest BCUT2D eigenvalue weighted by molar-refractivity contribution is 0.0939. The Morgan fingerprint density at radius 1 is 1.30 bits per heavy atom. The van der Waals surface area contributed by atoms with Gasteiger partial charge >= 0.3 is 0 Å². The summed E-state index contributed by atoms with van der Waals surface area (Å²) in [7, 11) is 0. The maximum atomic E-state index is 12.1. The zero-order valence-corrected chi connectivity index (χ0v) is 11.7. The van der Waals surface area contributed by atoms with Crippen LogP contribution in [0.15, 0.2) is 34.7 Å². The fourth-order valence-corrected chi connectivity index (χ4v) is 2.13. The molecule has 1 aromatic carbocycles. The Morgan fingerprint density at radius 2 is 1.95 bits per heavy atom. The molecule has 0 fully saturated rings. The lowest BCUT2D eigenvalue weighted by atomic mass is 10.1. The van der Waals surface area contributed by atoms with Crippen molar-refractivity contribution in [2.24, 2.45) is 0 Å². The van der Waals surface area contributed by atoms with Gasteiger partial charge in [0.1, 0.15) is 11.5 Å². The van der Waals surface area contributed by atoms with Crippen molar-refractivity contribution in [2.75, 3.05) is 0 Å². The smallest absolute Gasteiger partial charge is 0.251 e. The normalized spacial score (nSPS) is 11.7. The van der Waals surface area contributed by atoms with Crippen LogP contribution >= 0.6 is 0 Å². The van der Waals surface area contributed by atoms with E-state index in [-0.39, 0.29) is 11.9 Å². The summed E-state index contributed by atoms with van der Waals surface area (Å²) in [5, 5.41) is 11.7. The zero-order valence-electron chi connectivity index (χ0n) is 11.7. The first-order chi connectivity index (χ1) is 9.51. The molecule has 4 heteroatoms. The van der Waals surface area contributed by atoms with Gasteiger partial charge in [-0.05, 0) is 51.1 Å². The van der Waals surface area contributed by atoms with Crippen molar-refractivity contribution >= 4 is 5.91 Å². The Morgan fingerprint density at radius 3 is 2.45 bits per heavy atom. The molecule has 1 heterocycles. The van der Waals surface area contributed by atoms with E-state index in [9.17, 15) is 4.79 Å². The van der Waals surface area contributed by atoms with Crippen LogP contribution in [0.25, 0.3) is 0 Å². The van der Waals surface area contributed by atoms with Crippen LogP contribution in [0.3, 0.4) is 0 Å². The second-order valence-corrected chi connectivity index (χ2v) is 4.75. The fourth-order valence-electron chi connectivity index (χ4n) is 2.13. The summed E-state index contributed by atoms with van der Waals surface area (Å²) >= 11 is 0. The third-order valence-electron chi connectivity index (χ3n) is 3.17. The molecule has 0 radical (unpaired) electrons. The molecule has 0 aliphatic heterocycles. The van der Waals surface area contributed by atoms with E-state index in [2.05, 4.69) is 5.32 Å². The minimum absolute atomic E-state index is 0.129. The number of carbonyl (C=O) groups excluding carboxylic acids is 1. The first kappa shape index (κ1) is 13.9. The molecule has 1 aromatic heterocycles. The molecule has 0 spiro atoms. The van der Waals surface area contributed by atoms with Crippen molar-refractivity contribution in [3.63, 3.8) is 0 Å². The van der Waals surface area contributed by atoms with Crippen LogP contribution < -0.4 is 5.32 Å². The molecule has 0 saturated heterocycles. The third kappa shape index (κ3) is 2.89. The van der Waals surface area contributed by atoms with Gasteiger partial charge in [0.05, 0.1) is 17.7 Å². The van der Waals surface area contributed by atoms with Gasteiger partial charge < -0.3 is 9.73 Å². The quantitative estimate of drug-likeness (QED) is 0.929. The predicted molar refractivity (Wildman–Crippen MR) is 75.2 cm³/mol. The van der Waals surface area contributed by atoms with E-state index >= 15 is 0 Å². The molecule has 2 aromatic rings. The number of carbonyl (C=O) groups is 1. The van der Waals surface area contributed by atoms with E-state index in [1.165, 1.54) is 0 Å². The highest BCUT2D eigenvalue weighted by Gasteiger charge is 2.15. The van der Waals surface area contributed by atoms with Gasteiger partial charge in [0.15, 0.2) is 0 Å². The van der Waals surface area contributed by atoms with Gasteiger partial charge in [0.25, 0.3) is 5.91 Å². The molecule has 102 valence electrons. The minimum atomic E-state index is -0.166. The second-order valence-electron chi connectivity index (χ2n) is 4.75. The topological polar surface area (TPSA) is 66.0 Å². The first-order valence-corrected chi connectivity index (χ1v) is 6.39. The maximum absolute atomic E-state index is 12.1. The molecule has 1 N–H and O–H groups in total. The van der Waals surface area contributed by atoms with E-state index in [0.717, 1.165) is 17.1 Å². The van der Waals surface area contributed by atoms with Crippen LogP contribution in [0.4, 0.5) is 0 Å². The molecular weight excluding hydrogens is 252 g/mol. The summed E-state index contributed by atoms with van der Waals surface area (Å²) in [5.74, 6) is 1.48. The number of nitrogens with zero attached hydrogens (tertiary/aromatic N) is 1. The van der Waals surface area contributed by atoms with Crippen LogP contribution in [0.5, 0.6) is 0 Å². The molecule has 1 amide bonds. The number of furan rings is 1. The number of rotatable bonds is 3. The molecule has 4 nitrogen and oxygen atoms in total. The predicted octanol–water partition coefficient (Wildman–Crippen LogP) is 3.26. The number of nitrogens with one attached hydrogen (secondary N) is 1. The lowest BCUT2D eigenvalue weighted by Gasteiger charge is -2.13. The number of hydrogen-bond donors (Lipinski definition) is 1. The average molecular weight is 268 g/mol. The van der Waals surface area contributed by atoms with Crippen LogP contribution in [-0.2, 0) is 0 Å². The van der Waals surface area contributed by atoms with Crippen molar-refractivity contribution in [1.29, 1.82) is 5.26 Å². The van der Waals surface area contributed by atoms with Crippen molar-refractivity contribution in [3.8, 4) is 6.07 Å². The second kappa shape index (κ2) is 5.62. The molecule has 1 unspecified atom stereocenters. The minimum Gasteiger partial charge on any atom is -0.466 e. The van der Waals surface area contributed by atoms with Gasteiger partial charge in [-0.3, -0.25) is 4.79 Å². The summed E-state index contributed by atoms with van der Waals surface area (Å²) < 4.78 is 5.47. The van der Waals surface area contributed by atoms with Gasteiger partial charge in [-0.25, -0.2) is 0 Å². The average Bonchev–Trinajstić information content (AvgIpc) is 2.78. The van der Waals surface area contributed by atoms with E-state index in [4.69, 9.17) is 9.68 Å². The van der Waals surface area contributed by atoms with Gasteiger partial charge in [0.2, 0.25) is 0 Å². The molecular formula is C16H16N2O2. The van der Waals surface area contributed by atoms with Crippen molar-refractivity contribution in [2.45, 2.75) is 26.8 Å². The van der Waals surface area contributed by atoms with Gasteiger partial charge in [0, 0.05) is 11.1 Å². The highest BCUT2D eigenvalue weighted by atomic mass is 16.3. The highest BCUT2D eigenvalue weighted by Crippen LogP contribution is 2.21.